The molecular weight excluding hydrogens is 1310 g/mol. The summed E-state index contributed by atoms with van der Waals surface area (Å²) >= 11 is 3.73. The molecule has 0 amide bonds. The van der Waals surface area contributed by atoms with E-state index in [0.29, 0.717) is 0 Å². The molecule has 2 heterocycles. The Balaban J connectivity index is 0.000000140. The minimum absolute atomic E-state index is 0.115. The quantitative estimate of drug-likeness (QED) is 0.127. The van der Waals surface area contributed by atoms with E-state index in [1.54, 1.807) is 0 Å². The number of thiophene rings is 2. The van der Waals surface area contributed by atoms with E-state index < -0.39 is 10.8 Å². The molecule has 0 bridgehead atoms. The molecule has 0 fully saturated rings. The molecule has 496 valence electrons. The summed E-state index contributed by atoms with van der Waals surface area (Å²) in [5.74, 6) is 0. The monoisotopic (exact) mass is 1370 g/mol. The molecule has 0 saturated carbocycles. The maximum absolute atomic E-state index is 2.50. The highest BCUT2D eigenvalue weighted by Gasteiger charge is 2.48. The number of nitrogens with zero attached hydrogens (tertiary/aromatic N) is 2. The van der Waals surface area contributed by atoms with Crippen molar-refractivity contribution in [1.82, 2.24) is 0 Å². The lowest BCUT2D eigenvalue weighted by molar-refractivity contribution is 0.660. The summed E-state index contributed by atoms with van der Waals surface area (Å²) in [7, 11) is 0. The van der Waals surface area contributed by atoms with Gasteiger partial charge in [0.2, 0.25) is 0 Å². The number of para-hydroxylation sites is 1. The standard InChI is InChI=1S/C52H37NS.C49H33NS/c1-51(2)45-22-12-9-19-39(45)41-28-25-37(32-47(41)51)53(36-27-30-50-44(31-36)43-21-11-14-24-49(43)54-50)38-26-29-42-40-20-10-13-23-46(40)52(48(42)33-38,34-15-5-3-6-16-34)35-17-7-4-8-18-35;1-4-16-34(17-5-1)39-22-11-14-26-46(39)50(37-29-31-48-43(32-37)42-24-12-15-27-47(42)51-48)38-28-30-41-40-23-10-13-25-44(40)49(45(41)33-38,35-18-6-2-7-19-35)36-20-8-3-9-21-36/h3-33H,1-2H3;1-33H. The summed E-state index contributed by atoms with van der Waals surface area (Å²) in [6.45, 7) is 4.74. The lowest BCUT2D eigenvalue weighted by atomic mass is 9.67. The second-order valence-electron chi connectivity index (χ2n) is 28.5. The smallest absolute Gasteiger partial charge is 0.0714 e. The van der Waals surface area contributed by atoms with Crippen LogP contribution >= 0.6 is 22.7 Å². The molecule has 2 aromatic heterocycles. The van der Waals surface area contributed by atoms with Crippen molar-refractivity contribution < 1.29 is 0 Å². The third kappa shape index (κ3) is 9.74. The van der Waals surface area contributed by atoms with E-state index in [-0.39, 0.29) is 5.41 Å². The first-order valence-corrected chi connectivity index (χ1v) is 38.0. The SMILES string of the molecule is CC1(C)c2ccccc2-c2ccc(N(c3ccc4c(c3)C(c3ccccc3)(c3ccccc3)c3ccccc3-4)c3ccc4sc5ccccc5c4c3)cc21.c1ccc(-c2ccccc2N(c2ccc3c(c2)C(c2ccccc2)(c2ccccc2)c2ccccc2-3)c2ccc3sc4ccccc4c3c2)cc1. The van der Waals surface area contributed by atoms with Crippen LogP contribution < -0.4 is 9.80 Å². The molecule has 0 N–H and O–H groups in total. The molecule has 16 aromatic carbocycles. The van der Waals surface area contributed by atoms with Crippen LogP contribution in [0.2, 0.25) is 0 Å². The minimum Gasteiger partial charge on any atom is -0.310 e. The van der Waals surface area contributed by atoms with Gasteiger partial charge in [-0.25, -0.2) is 0 Å². The lowest BCUT2D eigenvalue weighted by Gasteiger charge is -2.35. The van der Waals surface area contributed by atoms with E-state index in [0.717, 1.165) is 34.1 Å². The van der Waals surface area contributed by atoms with Crippen molar-refractivity contribution >= 4 is 97.1 Å². The van der Waals surface area contributed by atoms with Gasteiger partial charge in [-0.05, 0) is 186 Å². The highest BCUT2D eigenvalue weighted by Crippen LogP contribution is 2.61. The Labute approximate surface area is 621 Å². The zero-order valence-corrected chi connectivity index (χ0v) is 59.8. The zero-order chi connectivity index (χ0) is 69.8. The predicted octanol–water partition coefficient (Wildman–Crippen LogP) is 27.7. The van der Waals surface area contributed by atoms with Gasteiger partial charge in [-0.1, -0.05) is 311 Å². The third-order valence-corrected chi connectivity index (χ3v) is 25.0. The fourth-order valence-corrected chi connectivity index (χ4v) is 20.3. The molecule has 3 aliphatic carbocycles. The van der Waals surface area contributed by atoms with Crippen molar-refractivity contribution in [3.05, 3.63) is 444 Å². The van der Waals surface area contributed by atoms with Crippen LogP contribution in [-0.4, -0.2) is 0 Å². The number of hydrogen-bond donors (Lipinski definition) is 0. The van der Waals surface area contributed by atoms with Crippen molar-refractivity contribution in [2.24, 2.45) is 0 Å². The van der Waals surface area contributed by atoms with Crippen LogP contribution in [0.25, 0.3) is 84.9 Å². The van der Waals surface area contributed by atoms with Crippen molar-refractivity contribution in [3.8, 4) is 44.5 Å². The number of benzene rings is 16. The topological polar surface area (TPSA) is 6.48 Å². The van der Waals surface area contributed by atoms with Crippen molar-refractivity contribution in [1.29, 1.82) is 0 Å². The molecule has 4 heteroatoms. The number of hydrogen-bond acceptors (Lipinski definition) is 4. The average Bonchev–Trinajstić information content (AvgIpc) is 1.55. The van der Waals surface area contributed by atoms with Crippen LogP contribution in [0.4, 0.5) is 34.1 Å². The van der Waals surface area contributed by atoms with E-state index >= 15 is 0 Å². The molecule has 0 radical (unpaired) electrons. The van der Waals surface area contributed by atoms with Gasteiger partial charge >= 0.3 is 0 Å². The Morgan fingerprint density at radius 1 is 0.210 bits per heavy atom. The van der Waals surface area contributed by atoms with Gasteiger partial charge in [0.25, 0.3) is 0 Å². The van der Waals surface area contributed by atoms with Gasteiger partial charge in [0.15, 0.2) is 0 Å². The van der Waals surface area contributed by atoms with Crippen molar-refractivity contribution in [2.45, 2.75) is 30.1 Å². The second kappa shape index (κ2) is 24.9. The fraction of sp³-hybridized carbons (Fsp3) is 0.0495. The summed E-state index contributed by atoms with van der Waals surface area (Å²) in [6.07, 6.45) is 0. The zero-order valence-electron chi connectivity index (χ0n) is 58.2. The van der Waals surface area contributed by atoms with E-state index in [4.69, 9.17) is 0 Å². The Bertz CT molecular complexity index is 6310. The normalized spacial score (nSPS) is 13.7. The van der Waals surface area contributed by atoms with Gasteiger partial charge in [-0.3, -0.25) is 0 Å². The number of fused-ring (bicyclic) bond motifs is 15. The van der Waals surface area contributed by atoms with Crippen molar-refractivity contribution in [3.63, 3.8) is 0 Å². The maximum Gasteiger partial charge on any atom is 0.0714 e. The van der Waals surface area contributed by atoms with Crippen LogP contribution in [0.15, 0.2) is 388 Å². The molecule has 3 aliphatic rings. The fourth-order valence-electron chi connectivity index (χ4n) is 18.1. The maximum atomic E-state index is 2.50. The Morgan fingerprint density at radius 3 is 0.981 bits per heavy atom. The van der Waals surface area contributed by atoms with Crippen LogP contribution in [0, 0.1) is 0 Å². The van der Waals surface area contributed by atoms with Gasteiger partial charge in [-0.2, -0.15) is 0 Å². The Hall–Kier alpha value is -12.4. The summed E-state index contributed by atoms with van der Waals surface area (Å²) < 4.78 is 5.24. The van der Waals surface area contributed by atoms with Gasteiger partial charge < -0.3 is 9.80 Å². The average molecular weight is 1380 g/mol. The minimum atomic E-state index is -0.484. The highest BCUT2D eigenvalue weighted by molar-refractivity contribution is 7.26. The number of rotatable bonds is 11. The summed E-state index contributed by atoms with van der Waals surface area (Å²) in [4.78, 5) is 4.97. The Kier molecular flexibility index (Phi) is 14.8. The molecular formula is C101H70N2S2. The summed E-state index contributed by atoms with van der Waals surface area (Å²) in [5, 5.41) is 5.18. The van der Waals surface area contributed by atoms with E-state index in [1.807, 2.05) is 22.7 Å². The van der Waals surface area contributed by atoms with Crippen LogP contribution in [0.3, 0.4) is 0 Å². The van der Waals surface area contributed by atoms with E-state index in [9.17, 15) is 0 Å². The first-order valence-electron chi connectivity index (χ1n) is 36.4. The predicted molar refractivity (Wildman–Crippen MR) is 446 cm³/mol. The molecule has 21 rings (SSSR count). The van der Waals surface area contributed by atoms with Gasteiger partial charge in [0.1, 0.15) is 0 Å². The van der Waals surface area contributed by atoms with Crippen LogP contribution in [0.5, 0.6) is 0 Å². The van der Waals surface area contributed by atoms with Gasteiger partial charge in [0.05, 0.1) is 16.5 Å². The van der Waals surface area contributed by atoms with Crippen molar-refractivity contribution in [2.75, 3.05) is 9.80 Å². The molecule has 0 aliphatic heterocycles. The molecule has 18 aromatic rings. The Morgan fingerprint density at radius 2 is 0.514 bits per heavy atom. The third-order valence-electron chi connectivity index (χ3n) is 22.7. The van der Waals surface area contributed by atoms with E-state index in [1.165, 1.54) is 140 Å². The second-order valence-corrected chi connectivity index (χ2v) is 30.7. The largest absolute Gasteiger partial charge is 0.310 e. The van der Waals surface area contributed by atoms with Crippen LogP contribution in [0.1, 0.15) is 69.5 Å². The first kappa shape index (κ1) is 62.3. The summed E-state index contributed by atoms with van der Waals surface area (Å²) in [6, 6.07) is 144. The summed E-state index contributed by atoms with van der Waals surface area (Å²) in [5.41, 5.74) is 29.0. The molecule has 105 heavy (non-hydrogen) atoms. The van der Waals surface area contributed by atoms with Gasteiger partial charge in [0, 0.05) is 79.8 Å². The number of anilines is 6. The first-order chi connectivity index (χ1) is 51.8. The molecule has 0 atom stereocenters. The lowest BCUT2D eigenvalue weighted by Crippen LogP contribution is -2.28. The highest BCUT2D eigenvalue weighted by atomic mass is 32.1. The van der Waals surface area contributed by atoms with Gasteiger partial charge in [-0.15, -0.1) is 22.7 Å². The molecule has 2 nitrogen and oxygen atoms in total. The molecule has 0 spiro atoms. The van der Waals surface area contributed by atoms with E-state index in [2.05, 4.69) is 412 Å². The van der Waals surface area contributed by atoms with Crippen LogP contribution in [-0.2, 0) is 16.2 Å². The molecule has 0 unspecified atom stereocenters. The molecule has 0 saturated heterocycles.